The van der Waals surface area contributed by atoms with Crippen LogP contribution in [0.2, 0.25) is 0 Å². The first kappa shape index (κ1) is 22.0. The van der Waals surface area contributed by atoms with Crippen LogP contribution in [0.3, 0.4) is 0 Å². The second-order valence-electron chi connectivity index (χ2n) is 7.37. The molecule has 0 aromatic heterocycles. The normalized spacial score (nSPS) is 22.0. The Bertz CT molecular complexity index is 416. The number of Topliss-reactive ketones (excluding diaryl/α,β-unsaturated/α-hetero) is 2. The Balaban J connectivity index is 2.26. The van der Waals surface area contributed by atoms with Gasteiger partial charge in [-0.2, -0.15) is 0 Å². The Kier molecular flexibility index (Phi) is 11.7. The minimum atomic E-state index is -0.382. The number of allylic oxidation sites excluding steroid dienone is 1. The van der Waals surface area contributed by atoms with E-state index in [0.717, 1.165) is 64.2 Å². The molecule has 1 fully saturated rings. The molecule has 0 spiro atoms. The zero-order chi connectivity index (χ0) is 18.5. The second-order valence-corrected chi connectivity index (χ2v) is 7.37. The van der Waals surface area contributed by atoms with E-state index in [4.69, 9.17) is 5.11 Å². The van der Waals surface area contributed by atoms with Gasteiger partial charge in [0.2, 0.25) is 0 Å². The van der Waals surface area contributed by atoms with Crippen LogP contribution in [0.5, 0.6) is 0 Å². The zero-order valence-corrected chi connectivity index (χ0v) is 15.8. The van der Waals surface area contributed by atoms with E-state index in [1.165, 1.54) is 0 Å². The molecule has 0 aromatic rings. The number of aliphatic hydroxyl groups excluding tert-OH is 2. The fourth-order valence-electron chi connectivity index (χ4n) is 3.63. The van der Waals surface area contributed by atoms with Gasteiger partial charge in [0, 0.05) is 18.8 Å². The SMILES string of the molecule is CCCCCC(O)/C=C/[C@H]1CCC(=O)[C@@H]1CCCCCCC(=O)CO. The number of unbranched alkanes of at least 4 members (excludes halogenated alkanes) is 5. The summed E-state index contributed by atoms with van der Waals surface area (Å²) in [6.07, 6.45) is 14.5. The Morgan fingerprint density at radius 1 is 1.20 bits per heavy atom. The number of aliphatic hydroxyl groups is 2. The van der Waals surface area contributed by atoms with Crippen molar-refractivity contribution < 1.29 is 19.8 Å². The Hall–Kier alpha value is -1.00. The predicted molar refractivity (Wildman–Crippen MR) is 100 cm³/mol. The van der Waals surface area contributed by atoms with Crippen molar-refractivity contribution in [3.05, 3.63) is 12.2 Å². The van der Waals surface area contributed by atoms with Crippen LogP contribution in [0, 0.1) is 11.8 Å². The molecular weight excluding hydrogens is 316 g/mol. The van der Waals surface area contributed by atoms with E-state index < -0.39 is 0 Å². The molecule has 0 aromatic carbocycles. The maximum atomic E-state index is 12.1. The summed E-state index contributed by atoms with van der Waals surface area (Å²) in [7, 11) is 0. The third-order valence-corrected chi connectivity index (χ3v) is 5.24. The summed E-state index contributed by atoms with van der Waals surface area (Å²) in [6, 6.07) is 0. The molecule has 0 heterocycles. The highest BCUT2D eigenvalue weighted by Gasteiger charge is 2.32. The van der Waals surface area contributed by atoms with Gasteiger partial charge in [0.25, 0.3) is 0 Å². The Morgan fingerprint density at radius 3 is 2.68 bits per heavy atom. The standard InChI is InChI=1S/C21H36O4/c1-2-3-6-9-18(23)14-12-17-13-15-21(25)20(17)11-8-5-4-7-10-19(24)16-22/h12,14,17-18,20,22-23H,2-11,13,15-16H2,1H3/b14-12+/t17-,18?,20+/m0/s1. The summed E-state index contributed by atoms with van der Waals surface area (Å²) < 4.78 is 0. The minimum Gasteiger partial charge on any atom is -0.389 e. The van der Waals surface area contributed by atoms with Crippen LogP contribution in [0.4, 0.5) is 0 Å². The lowest BCUT2D eigenvalue weighted by molar-refractivity contribution is -0.122. The molecule has 2 N–H and O–H groups in total. The Morgan fingerprint density at radius 2 is 1.96 bits per heavy atom. The number of hydrogen-bond acceptors (Lipinski definition) is 4. The van der Waals surface area contributed by atoms with Crippen LogP contribution in [-0.4, -0.2) is 34.5 Å². The van der Waals surface area contributed by atoms with Crippen molar-refractivity contribution in [2.45, 2.75) is 90.1 Å². The lowest BCUT2D eigenvalue weighted by Crippen LogP contribution is -2.14. The molecule has 25 heavy (non-hydrogen) atoms. The van der Waals surface area contributed by atoms with Crippen LogP contribution in [0.1, 0.15) is 84.0 Å². The van der Waals surface area contributed by atoms with E-state index >= 15 is 0 Å². The average molecular weight is 353 g/mol. The number of carbonyl (C=O) groups is 2. The fourth-order valence-corrected chi connectivity index (χ4v) is 3.63. The van der Waals surface area contributed by atoms with Gasteiger partial charge >= 0.3 is 0 Å². The molecule has 1 aliphatic carbocycles. The highest BCUT2D eigenvalue weighted by atomic mass is 16.3. The van der Waals surface area contributed by atoms with Gasteiger partial charge in [0.1, 0.15) is 12.4 Å². The Labute approximate surface area is 152 Å². The molecule has 4 heteroatoms. The lowest BCUT2D eigenvalue weighted by Gasteiger charge is -2.15. The molecule has 3 atom stereocenters. The maximum Gasteiger partial charge on any atom is 0.158 e. The number of rotatable bonds is 14. The molecule has 4 nitrogen and oxygen atoms in total. The van der Waals surface area contributed by atoms with Gasteiger partial charge in [-0.1, -0.05) is 57.6 Å². The quantitative estimate of drug-likeness (QED) is 0.366. The summed E-state index contributed by atoms with van der Waals surface area (Å²) in [5.41, 5.74) is 0. The fraction of sp³-hybridized carbons (Fsp3) is 0.810. The summed E-state index contributed by atoms with van der Waals surface area (Å²) in [5.74, 6) is 0.668. The number of ketones is 2. The van der Waals surface area contributed by atoms with Crippen molar-refractivity contribution in [1.82, 2.24) is 0 Å². The molecule has 0 amide bonds. The highest BCUT2D eigenvalue weighted by molar-refractivity contribution is 5.83. The van der Waals surface area contributed by atoms with Crippen molar-refractivity contribution in [3.8, 4) is 0 Å². The minimum absolute atomic E-state index is 0.0892. The third-order valence-electron chi connectivity index (χ3n) is 5.24. The van der Waals surface area contributed by atoms with E-state index in [1.54, 1.807) is 0 Å². The predicted octanol–water partition coefficient (Wildman–Crippen LogP) is 3.98. The van der Waals surface area contributed by atoms with Crippen LogP contribution in [0.15, 0.2) is 12.2 Å². The first-order chi connectivity index (χ1) is 12.1. The largest absolute Gasteiger partial charge is 0.389 e. The zero-order valence-electron chi connectivity index (χ0n) is 15.8. The topological polar surface area (TPSA) is 74.6 Å². The number of carbonyl (C=O) groups excluding carboxylic acids is 2. The van der Waals surface area contributed by atoms with Gasteiger partial charge in [-0.05, 0) is 31.6 Å². The summed E-state index contributed by atoms with van der Waals surface area (Å²) >= 11 is 0. The first-order valence-corrected chi connectivity index (χ1v) is 10.1. The molecule has 1 rings (SSSR count). The molecule has 0 aliphatic heterocycles. The molecule has 1 aliphatic rings. The van der Waals surface area contributed by atoms with Crippen molar-refractivity contribution in [3.63, 3.8) is 0 Å². The van der Waals surface area contributed by atoms with E-state index in [0.29, 0.717) is 18.6 Å². The molecular formula is C21H36O4. The molecule has 144 valence electrons. The van der Waals surface area contributed by atoms with Gasteiger partial charge in [0.05, 0.1) is 6.10 Å². The maximum absolute atomic E-state index is 12.1. The molecule has 1 saturated carbocycles. The van der Waals surface area contributed by atoms with Crippen molar-refractivity contribution in [2.75, 3.05) is 6.61 Å². The molecule has 0 bridgehead atoms. The van der Waals surface area contributed by atoms with Crippen molar-refractivity contribution in [1.29, 1.82) is 0 Å². The summed E-state index contributed by atoms with van der Waals surface area (Å²) in [4.78, 5) is 23.1. The molecule has 0 radical (unpaired) electrons. The van der Waals surface area contributed by atoms with Crippen LogP contribution in [0.25, 0.3) is 0 Å². The van der Waals surface area contributed by atoms with Crippen molar-refractivity contribution in [2.24, 2.45) is 11.8 Å². The van der Waals surface area contributed by atoms with Gasteiger partial charge in [-0.3, -0.25) is 9.59 Å². The highest BCUT2D eigenvalue weighted by Crippen LogP contribution is 2.34. The van der Waals surface area contributed by atoms with Gasteiger partial charge < -0.3 is 10.2 Å². The van der Waals surface area contributed by atoms with Crippen LogP contribution >= 0.6 is 0 Å². The van der Waals surface area contributed by atoms with Crippen LogP contribution < -0.4 is 0 Å². The van der Waals surface area contributed by atoms with Gasteiger partial charge in [0.15, 0.2) is 5.78 Å². The monoisotopic (exact) mass is 352 g/mol. The van der Waals surface area contributed by atoms with E-state index in [1.807, 2.05) is 6.08 Å². The number of hydrogen-bond donors (Lipinski definition) is 2. The third kappa shape index (κ3) is 9.31. The van der Waals surface area contributed by atoms with E-state index in [-0.39, 0.29) is 30.3 Å². The molecule has 1 unspecified atom stereocenters. The van der Waals surface area contributed by atoms with E-state index in [9.17, 15) is 14.7 Å². The lowest BCUT2D eigenvalue weighted by atomic mass is 9.89. The molecule has 0 saturated heterocycles. The second kappa shape index (κ2) is 13.2. The van der Waals surface area contributed by atoms with E-state index in [2.05, 4.69) is 13.0 Å². The summed E-state index contributed by atoms with van der Waals surface area (Å²) in [5, 5.41) is 18.7. The van der Waals surface area contributed by atoms with Crippen LogP contribution in [-0.2, 0) is 9.59 Å². The van der Waals surface area contributed by atoms with Crippen molar-refractivity contribution >= 4 is 11.6 Å². The van der Waals surface area contributed by atoms with Gasteiger partial charge in [-0.15, -0.1) is 0 Å². The first-order valence-electron chi connectivity index (χ1n) is 10.1. The summed E-state index contributed by atoms with van der Waals surface area (Å²) in [6.45, 7) is 1.80. The average Bonchev–Trinajstić information content (AvgIpc) is 2.96. The smallest absolute Gasteiger partial charge is 0.158 e. The van der Waals surface area contributed by atoms with Gasteiger partial charge in [-0.25, -0.2) is 0 Å².